The molecule has 1 aromatic carbocycles. The fraction of sp³-hybridized carbons (Fsp3) is 0.222. The molecular weight excluding hydrogens is 166 g/mol. The van der Waals surface area contributed by atoms with Gasteiger partial charge in [-0.15, -0.1) is 0 Å². The summed E-state index contributed by atoms with van der Waals surface area (Å²) >= 11 is 0. The Labute approximate surface area is 76.7 Å². The minimum atomic E-state index is -0.473. The van der Waals surface area contributed by atoms with Crippen LogP contribution in [0.4, 0.5) is 0 Å². The quantitative estimate of drug-likeness (QED) is 0.596. The van der Waals surface area contributed by atoms with Gasteiger partial charge in [-0.1, -0.05) is 18.2 Å². The fourth-order valence-corrected chi connectivity index (χ4v) is 1.17. The Kier molecular flexibility index (Phi) is 3.00. The van der Waals surface area contributed by atoms with Crippen molar-refractivity contribution in [3.05, 3.63) is 35.4 Å². The van der Waals surface area contributed by atoms with Crippen molar-refractivity contribution in [1.29, 1.82) is 0 Å². The van der Waals surface area contributed by atoms with E-state index in [4.69, 9.17) is 17.2 Å². The smallest absolute Gasteiger partial charge is 0.249 e. The highest BCUT2D eigenvalue weighted by Gasteiger charge is 2.11. The van der Waals surface area contributed by atoms with Crippen molar-refractivity contribution in [2.24, 2.45) is 17.2 Å². The van der Waals surface area contributed by atoms with Gasteiger partial charge in [0.1, 0.15) is 0 Å². The van der Waals surface area contributed by atoms with E-state index in [0.29, 0.717) is 17.7 Å². The lowest BCUT2D eigenvalue weighted by Gasteiger charge is -2.11. The van der Waals surface area contributed by atoms with E-state index in [0.717, 1.165) is 0 Å². The first-order valence-electron chi connectivity index (χ1n) is 4.01. The average Bonchev–Trinajstić information content (AvgIpc) is 2.16. The van der Waals surface area contributed by atoms with Crippen LogP contribution in [0.2, 0.25) is 0 Å². The van der Waals surface area contributed by atoms with E-state index in [9.17, 15) is 4.79 Å². The van der Waals surface area contributed by atoms with Gasteiger partial charge in [0.05, 0.1) is 0 Å². The SMILES string of the molecule is NC[C@@H](N)c1ccccc1C(N)=O. The van der Waals surface area contributed by atoms with E-state index in [1.54, 1.807) is 24.3 Å². The number of carbonyl (C=O) groups excluding carboxylic acids is 1. The Morgan fingerprint density at radius 2 is 2.00 bits per heavy atom. The van der Waals surface area contributed by atoms with Crippen LogP contribution in [-0.4, -0.2) is 12.5 Å². The third kappa shape index (κ3) is 2.05. The van der Waals surface area contributed by atoms with Crippen LogP contribution in [0, 0.1) is 0 Å². The molecule has 0 saturated carbocycles. The second kappa shape index (κ2) is 4.02. The van der Waals surface area contributed by atoms with E-state index in [1.807, 2.05) is 0 Å². The van der Waals surface area contributed by atoms with Crippen molar-refractivity contribution in [3.8, 4) is 0 Å². The molecule has 0 aromatic heterocycles. The normalized spacial score (nSPS) is 12.5. The molecule has 0 saturated heterocycles. The molecule has 0 aliphatic rings. The summed E-state index contributed by atoms with van der Waals surface area (Å²) in [5.74, 6) is -0.473. The molecule has 0 bridgehead atoms. The fourth-order valence-electron chi connectivity index (χ4n) is 1.17. The molecule has 0 radical (unpaired) electrons. The number of nitrogens with two attached hydrogens (primary N) is 3. The molecular formula is C9H13N3O. The van der Waals surface area contributed by atoms with Crippen molar-refractivity contribution >= 4 is 5.91 Å². The van der Waals surface area contributed by atoms with Crippen molar-refractivity contribution < 1.29 is 4.79 Å². The summed E-state index contributed by atoms with van der Waals surface area (Å²) in [6.07, 6.45) is 0. The molecule has 0 spiro atoms. The van der Waals surface area contributed by atoms with Gasteiger partial charge < -0.3 is 17.2 Å². The summed E-state index contributed by atoms with van der Waals surface area (Å²) in [6.45, 7) is 0.296. The lowest BCUT2D eigenvalue weighted by Crippen LogP contribution is -2.24. The predicted molar refractivity (Wildman–Crippen MR) is 50.9 cm³/mol. The van der Waals surface area contributed by atoms with Crippen LogP contribution in [0.3, 0.4) is 0 Å². The van der Waals surface area contributed by atoms with Crippen LogP contribution in [0.5, 0.6) is 0 Å². The summed E-state index contributed by atoms with van der Waals surface area (Å²) in [6, 6.07) is 6.62. The first-order chi connectivity index (χ1) is 6.16. The third-order valence-electron chi connectivity index (χ3n) is 1.88. The Morgan fingerprint density at radius 3 is 2.54 bits per heavy atom. The van der Waals surface area contributed by atoms with Gasteiger partial charge >= 0.3 is 0 Å². The molecule has 6 N–H and O–H groups in total. The van der Waals surface area contributed by atoms with Crippen molar-refractivity contribution in [1.82, 2.24) is 0 Å². The second-order valence-corrected chi connectivity index (χ2v) is 2.79. The molecule has 1 aromatic rings. The molecule has 1 rings (SSSR count). The third-order valence-corrected chi connectivity index (χ3v) is 1.88. The number of rotatable bonds is 3. The predicted octanol–water partition coefficient (Wildman–Crippen LogP) is -0.256. The number of amides is 1. The lowest BCUT2D eigenvalue weighted by atomic mass is 10.0. The Bertz CT molecular complexity index is 311. The zero-order valence-electron chi connectivity index (χ0n) is 7.23. The van der Waals surface area contributed by atoms with Crippen LogP contribution >= 0.6 is 0 Å². The minimum absolute atomic E-state index is 0.296. The number of primary amides is 1. The molecule has 1 atom stereocenters. The van der Waals surface area contributed by atoms with Crippen LogP contribution in [-0.2, 0) is 0 Å². The number of hydrogen-bond donors (Lipinski definition) is 3. The largest absolute Gasteiger partial charge is 0.366 e. The molecule has 4 heteroatoms. The van der Waals surface area contributed by atoms with Gasteiger partial charge in [-0.3, -0.25) is 4.79 Å². The topological polar surface area (TPSA) is 95.1 Å². The molecule has 1 amide bonds. The van der Waals surface area contributed by atoms with Gasteiger partial charge in [-0.05, 0) is 11.6 Å². The van der Waals surface area contributed by atoms with Crippen LogP contribution in [0.25, 0.3) is 0 Å². The van der Waals surface area contributed by atoms with Crippen molar-refractivity contribution in [3.63, 3.8) is 0 Å². The van der Waals surface area contributed by atoms with Crippen LogP contribution in [0.15, 0.2) is 24.3 Å². The van der Waals surface area contributed by atoms with E-state index >= 15 is 0 Å². The maximum atomic E-state index is 11.0. The first-order valence-corrected chi connectivity index (χ1v) is 4.01. The number of carbonyl (C=O) groups is 1. The Balaban J connectivity index is 3.11. The zero-order chi connectivity index (χ0) is 9.84. The van der Waals surface area contributed by atoms with E-state index < -0.39 is 5.91 Å². The second-order valence-electron chi connectivity index (χ2n) is 2.79. The molecule has 13 heavy (non-hydrogen) atoms. The van der Waals surface area contributed by atoms with E-state index in [-0.39, 0.29) is 6.04 Å². The zero-order valence-corrected chi connectivity index (χ0v) is 7.23. The molecule has 70 valence electrons. The highest BCUT2D eigenvalue weighted by atomic mass is 16.1. The van der Waals surface area contributed by atoms with Gasteiger partial charge in [0.15, 0.2) is 0 Å². The van der Waals surface area contributed by atoms with Gasteiger partial charge in [0, 0.05) is 18.2 Å². The standard InChI is InChI=1S/C9H13N3O/c10-5-8(11)6-3-1-2-4-7(6)9(12)13/h1-4,8H,5,10-11H2,(H2,12,13)/t8-/m1/s1. The van der Waals surface area contributed by atoms with Crippen LogP contribution < -0.4 is 17.2 Å². The van der Waals surface area contributed by atoms with Crippen molar-refractivity contribution in [2.45, 2.75) is 6.04 Å². The highest BCUT2D eigenvalue weighted by molar-refractivity contribution is 5.94. The highest BCUT2D eigenvalue weighted by Crippen LogP contribution is 2.14. The maximum absolute atomic E-state index is 11.0. The minimum Gasteiger partial charge on any atom is -0.366 e. The van der Waals surface area contributed by atoms with Gasteiger partial charge in [-0.25, -0.2) is 0 Å². The van der Waals surface area contributed by atoms with Crippen LogP contribution in [0.1, 0.15) is 22.0 Å². The summed E-state index contributed by atoms with van der Waals surface area (Å²) in [5, 5.41) is 0. The lowest BCUT2D eigenvalue weighted by molar-refractivity contribution is 0.0999. The molecule has 0 fully saturated rings. The Hall–Kier alpha value is -1.39. The van der Waals surface area contributed by atoms with E-state index in [1.165, 1.54) is 0 Å². The summed E-state index contributed by atoms with van der Waals surface area (Å²) < 4.78 is 0. The molecule has 4 nitrogen and oxygen atoms in total. The molecule has 0 unspecified atom stereocenters. The number of hydrogen-bond acceptors (Lipinski definition) is 3. The van der Waals surface area contributed by atoms with Gasteiger partial charge in [0.2, 0.25) is 5.91 Å². The average molecular weight is 179 g/mol. The molecule has 0 aliphatic heterocycles. The Morgan fingerprint density at radius 1 is 1.38 bits per heavy atom. The summed E-state index contributed by atoms with van der Waals surface area (Å²) in [5.41, 5.74) is 17.4. The molecule has 0 heterocycles. The first kappa shape index (κ1) is 9.70. The van der Waals surface area contributed by atoms with E-state index in [2.05, 4.69) is 0 Å². The maximum Gasteiger partial charge on any atom is 0.249 e. The molecule has 0 aliphatic carbocycles. The van der Waals surface area contributed by atoms with Crippen molar-refractivity contribution in [2.75, 3.05) is 6.54 Å². The monoisotopic (exact) mass is 179 g/mol. The summed E-state index contributed by atoms with van der Waals surface area (Å²) in [4.78, 5) is 11.0. The summed E-state index contributed by atoms with van der Waals surface area (Å²) in [7, 11) is 0. The van der Waals surface area contributed by atoms with Gasteiger partial charge in [0.25, 0.3) is 0 Å². The number of benzene rings is 1. The van der Waals surface area contributed by atoms with Gasteiger partial charge in [-0.2, -0.15) is 0 Å².